The first-order chi connectivity index (χ1) is 17.9. The third-order valence-electron chi connectivity index (χ3n) is 6.76. The molecule has 3 unspecified atom stereocenters. The summed E-state index contributed by atoms with van der Waals surface area (Å²) in [4.78, 5) is 13.0. The van der Waals surface area contributed by atoms with Gasteiger partial charge in [-0.05, 0) is 48.1 Å². The van der Waals surface area contributed by atoms with E-state index in [1.807, 2.05) is 6.07 Å². The zero-order valence-corrected chi connectivity index (χ0v) is 20.9. The van der Waals surface area contributed by atoms with Gasteiger partial charge in [0.15, 0.2) is 11.6 Å². The van der Waals surface area contributed by atoms with E-state index in [-0.39, 0.29) is 16.9 Å². The zero-order valence-electron chi connectivity index (χ0n) is 20.9. The Morgan fingerprint density at radius 3 is 2.32 bits per heavy atom. The van der Waals surface area contributed by atoms with Gasteiger partial charge in [0.25, 0.3) is 0 Å². The molecule has 3 atom stereocenters. The molecule has 0 aliphatic heterocycles. The summed E-state index contributed by atoms with van der Waals surface area (Å²) >= 11 is 0. The molecule has 4 rings (SSSR count). The van der Waals surface area contributed by atoms with Crippen molar-refractivity contribution in [2.24, 2.45) is 17.3 Å². The Hall–Kier alpha value is -4.12. The monoisotopic (exact) mass is 523 g/mol. The SMILES string of the molecule is Cc1ccc(/C(=C/C2C(C(=O)OC(C#N)c3ccc(F)c(Oc4ccccc4)c3)C2(C)C)C(F)(F)F)cc1. The van der Waals surface area contributed by atoms with Gasteiger partial charge < -0.3 is 9.47 Å². The van der Waals surface area contributed by atoms with E-state index in [0.717, 1.165) is 17.7 Å². The average Bonchev–Trinajstić information content (AvgIpc) is 3.42. The molecule has 1 aliphatic rings. The summed E-state index contributed by atoms with van der Waals surface area (Å²) in [5.41, 5.74) is -0.643. The third-order valence-corrected chi connectivity index (χ3v) is 6.76. The van der Waals surface area contributed by atoms with Crippen LogP contribution in [0.3, 0.4) is 0 Å². The van der Waals surface area contributed by atoms with E-state index >= 15 is 0 Å². The van der Waals surface area contributed by atoms with Crippen molar-refractivity contribution < 1.29 is 31.8 Å². The molecule has 8 heteroatoms. The normalized spacial score (nSPS) is 19.3. The molecule has 3 aromatic rings. The van der Waals surface area contributed by atoms with E-state index in [4.69, 9.17) is 9.47 Å². The molecule has 0 spiro atoms. The summed E-state index contributed by atoms with van der Waals surface area (Å²) in [5, 5.41) is 9.68. The van der Waals surface area contributed by atoms with Gasteiger partial charge in [-0.15, -0.1) is 0 Å². The molecule has 0 aromatic heterocycles. The second-order valence-corrected chi connectivity index (χ2v) is 9.82. The number of hydrogen-bond acceptors (Lipinski definition) is 4. The summed E-state index contributed by atoms with van der Waals surface area (Å²) in [6.07, 6.45) is -4.95. The molecule has 38 heavy (non-hydrogen) atoms. The molecule has 0 saturated heterocycles. The van der Waals surface area contributed by atoms with Crippen molar-refractivity contribution in [1.29, 1.82) is 5.26 Å². The van der Waals surface area contributed by atoms with Crippen LogP contribution in [0.1, 0.15) is 36.6 Å². The number of para-hydroxylation sites is 1. The number of carbonyl (C=O) groups excluding carboxylic acids is 1. The maximum Gasteiger partial charge on any atom is 0.416 e. The van der Waals surface area contributed by atoms with Gasteiger partial charge in [-0.1, -0.05) is 74.0 Å². The quantitative estimate of drug-likeness (QED) is 0.233. The van der Waals surface area contributed by atoms with Crippen LogP contribution in [0.5, 0.6) is 11.5 Å². The Morgan fingerprint density at radius 1 is 1.05 bits per heavy atom. The summed E-state index contributed by atoms with van der Waals surface area (Å²) in [5.74, 6) is -2.91. The lowest BCUT2D eigenvalue weighted by Gasteiger charge is -2.14. The van der Waals surface area contributed by atoms with Crippen LogP contribution in [0.25, 0.3) is 5.57 Å². The van der Waals surface area contributed by atoms with Crippen LogP contribution >= 0.6 is 0 Å². The minimum Gasteiger partial charge on any atom is -0.454 e. The Balaban J connectivity index is 1.55. The molecule has 0 amide bonds. The molecule has 0 N–H and O–H groups in total. The smallest absolute Gasteiger partial charge is 0.416 e. The van der Waals surface area contributed by atoms with E-state index in [2.05, 4.69) is 0 Å². The van der Waals surface area contributed by atoms with Crippen LogP contribution in [-0.4, -0.2) is 12.1 Å². The van der Waals surface area contributed by atoms with Crippen LogP contribution in [-0.2, 0) is 9.53 Å². The fourth-order valence-corrected chi connectivity index (χ4v) is 4.44. The molecule has 1 aliphatic carbocycles. The number of rotatable bonds is 7. The predicted octanol–water partition coefficient (Wildman–Crippen LogP) is 7.95. The number of halogens is 4. The molecule has 0 radical (unpaired) electrons. The molecule has 4 nitrogen and oxygen atoms in total. The van der Waals surface area contributed by atoms with E-state index < -0.39 is 46.9 Å². The van der Waals surface area contributed by atoms with Gasteiger partial charge in [-0.25, -0.2) is 4.39 Å². The number of carbonyl (C=O) groups is 1. The Bertz CT molecular complexity index is 1390. The molecule has 0 bridgehead atoms. The number of alkyl halides is 3. The summed E-state index contributed by atoms with van der Waals surface area (Å²) in [6.45, 7) is 5.13. The summed E-state index contributed by atoms with van der Waals surface area (Å²) in [6, 6.07) is 19.9. The predicted molar refractivity (Wildman–Crippen MR) is 133 cm³/mol. The number of aryl methyl sites for hydroxylation is 1. The number of ether oxygens (including phenoxy) is 2. The Labute approximate surface area is 218 Å². The highest BCUT2D eigenvalue weighted by atomic mass is 19.4. The van der Waals surface area contributed by atoms with Crippen LogP contribution in [0.15, 0.2) is 78.9 Å². The lowest BCUT2D eigenvalue weighted by atomic mass is 10.0. The van der Waals surface area contributed by atoms with Crippen LogP contribution in [0.2, 0.25) is 0 Å². The van der Waals surface area contributed by atoms with Crippen molar-refractivity contribution in [2.75, 3.05) is 0 Å². The van der Waals surface area contributed by atoms with Gasteiger partial charge in [0.2, 0.25) is 6.10 Å². The highest BCUT2D eigenvalue weighted by Gasteiger charge is 2.62. The van der Waals surface area contributed by atoms with Gasteiger partial charge in [0.05, 0.1) is 11.5 Å². The minimum absolute atomic E-state index is 0.00470. The van der Waals surface area contributed by atoms with Crippen LogP contribution in [0, 0.1) is 41.3 Å². The highest BCUT2D eigenvalue weighted by Crippen LogP contribution is 2.61. The molecule has 3 aromatic carbocycles. The zero-order chi connectivity index (χ0) is 27.7. The minimum atomic E-state index is -4.62. The van der Waals surface area contributed by atoms with E-state index in [1.54, 1.807) is 63.2 Å². The Morgan fingerprint density at radius 2 is 1.71 bits per heavy atom. The van der Waals surface area contributed by atoms with Gasteiger partial charge in [0.1, 0.15) is 11.8 Å². The van der Waals surface area contributed by atoms with Crippen molar-refractivity contribution in [2.45, 2.75) is 33.1 Å². The number of nitriles is 1. The molecular weight excluding hydrogens is 498 g/mol. The van der Waals surface area contributed by atoms with Crippen molar-refractivity contribution in [1.82, 2.24) is 0 Å². The molecular formula is C30H25F4NO3. The van der Waals surface area contributed by atoms with Crippen LogP contribution in [0.4, 0.5) is 17.6 Å². The standard InChI is InChI=1S/C30H25F4NO3/c1-18-9-11-19(12-10-18)22(30(32,33)34)16-23-27(29(23,2)3)28(36)38-26(17-35)20-13-14-24(31)25(15-20)37-21-7-5-4-6-8-21/h4-16,23,26-27H,1-3H3/b22-16-. The fraction of sp³-hybridized carbons (Fsp3) is 0.267. The first-order valence-electron chi connectivity index (χ1n) is 11.9. The molecule has 1 saturated carbocycles. The van der Waals surface area contributed by atoms with E-state index in [1.165, 1.54) is 24.3 Å². The van der Waals surface area contributed by atoms with Crippen molar-refractivity contribution in [3.05, 3.63) is 101 Å². The summed E-state index contributed by atoms with van der Waals surface area (Å²) < 4.78 is 67.1. The lowest BCUT2D eigenvalue weighted by molar-refractivity contribution is -0.149. The fourth-order valence-electron chi connectivity index (χ4n) is 4.44. The van der Waals surface area contributed by atoms with Crippen molar-refractivity contribution in [3.63, 3.8) is 0 Å². The Kier molecular flexibility index (Phi) is 7.32. The molecule has 1 fully saturated rings. The van der Waals surface area contributed by atoms with Gasteiger partial charge in [-0.2, -0.15) is 18.4 Å². The molecule has 0 heterocycles. The topological polar surface area (TPSA) is 59.3 Å². The summed E-state index contributed by atoms with van der Waals surface area (Å²) in [7, 11) is 0. The molecule has 196 valence electrons. The lowest BCUT2D eigenvalue weighted by Crippen LogP contribution is -2.15. The maximum absolute atomic E-state index is 14.3. The number of benzene rings is 3. The van der Waals surface area contributed by atoms with Crippen molar-refractivity contribution >= 4 is 11.5 Å². The largest absolute Gasteiger partial charge is 0.454 e. The highest BCUT2D eigenvalue weighted by molar-refractivity contribution is 5.80. The number of allylic oxidation sites excluding steroid dienone is 2. The number of hydrogen-bond donors (Lipinski definition) is 0. The first-order valence-corrected chi connectivity index (χ1v) is 11.9. The second-order valence-electron chi connectivity index (χ2n) is 9.82. The van der Waals surface area contributed by atoms with Gasteiger partial charge in [0, 0.05) is 5.56 Å². The number of nitrogens with zero attached hydrogens (tertiary/aromatic N) is 1. The van der Waals surface area contributed by atoms with Crippen molar-refractivity contribution in [3.8, 4) is 17.6 Å². The van der Waals surface area contributed by atoms with E-state index in [9.17, 15) is 27.6 Å². The van der Waals surface area contributed by atoms with Gasteiger partial charge >= 0.3 is 12.1 Å². The average molecular weight is 524 g/mol. The first kappa shape index (κ1) is 26.9. The number of esters is 1. The second kappa shape index (κ2) is 10.3. The third kappa shape index (κ3) is 5.72. The van der Waals surface area contributed by atoms with E-state index in [0.29, 0.717) is 5.75 Å². The van der Waals surface area contributed by atoms with Gasteiger partial charge in [-0.3, -0.25) is 4.79 Å². The maximum atomic E-state index is 14.3. The van der Waals surface area contributed by atoms with Crippen LogP contribution < -0.4 is 4.74 Å².